The molecule has 2 heterocycles. The topological polar surface area (TPSA) is 29.5 Å². The molecule has 3 fully saturated rings. The van der Waals surface area contributed by atoms with Crippen LogP contribution in [-0.2, 0) is 9.53 Å². The summed E-state index contributed by atoms with van der Waals surface area (Å²) in [5, 5.41) is 0. The van der Waals surface area contributed by atoms with Crippen LogP contribution in [0.25, 0.3) is 0 Å². The lowest BCUT2D eigenvalue weighted by molar-refractivity contribution is -0.145. The Bertz CT molecular complexity index is 520. The predicted molar refractivity (Wildman–Crippen MR) is 95.6 cm³/mol. The van der Waals surface area contributed by atoms with Crippen LogP contribution < -0.4 is 0 Å². The molecular formula is C21H33NO2. The van der Waals surface area contributed by atoms with Gasteiger partial charge in [-0.2, -0.15) is 0 Å². The molecule has 4 aliphatic rings. The van der Waals surface area contributed by atoms with Crippen LogP contribution in [0.1, 0.15) is 65.2 Å². The highest BCUT2D eigenvalue weighted by atomic mass is 16.6. The molecule has 2 aliphatic heterocycles. The van der Waals surface area contributed by atoms with Crippen molar-refractivity contribution in [2.24, 2.45) is 23.2 Å². The molecule has 24 heavy (non-hydrogen) atoms. The summed E-state index contributed by atoms with van der Waals surface area (Å²) < 4.78 is 5.89. The van der Waals surface area contributed by atoms with Crippen molar-refractivity contribution in [3.8, 4) is 0 Å². The molecule has 3 nitrogen and oxygen atoms in total. The molecule has 0 bridgehead atoms. The zero-order chi connectivity index (χ0) is 16.7. The normalized spacial score (nSPS) is 43.4. The Hall–Kier alpha value is -0.830. The number of carbonyl (C=O) groups is 1. The third-order valence-electron chi connectivity index (χ3n) is 7.24. The maximum Gasteiger partial charge on any atom is 0.311 e. The van der Waals surface area contributed by atoms with Crippen molar-refractivity contribution in [1.82, 2.24) is 4.90 Å². The molecular weight excluding hydrogens is 298 g/mol. The van der Waals surface area contributed by atoms with Crippen molar-refractivity contribution < 1.29 is 9.53 Å². The maximum atomic E-state index is 12.6. The van der Waals surface area contributed by atoms with Gasteiger partial charge in [0.1, 0.15) is 6.10 Å². The molecule has 5 atom stereocenters. The summed E-state index contributed by atoms with van der Waals surface area (Å²) in [6, 6.07) is 0. The molecule has 1 unspecified atom stereocenters. The molecule has 0 aromatic rings. The average molecular weight is 332 g/mol. The van der Waals surface area contributed by atoms with Gasteiger partial charge in [0.2, 0.25) is 0 Å². The minimum atomic E-state index is 0.0688. The van der Waals surface area contributed by atoms with Gasteiger partial charge >= 0.3 is 5.97 Å². The van der Waals surface area contributed by atoms with Crippen molar-refractivity contribution in [3.63, 3.8) is 0 Å². The quantitative estimate of drug-likeness (QED) is 0.562. The second-order valence-corrected chi connectivity index (χ2v) is 9.05. The number of allylic oxidation sites excluding steroid dienone is 1. The molecule has 0 aromatic heterocycles. The molecule has 134 valence electrons. The number of carbonyl (C=O) groups excluding carboxylic acids is 1. The van der Waals surface area contributed by atoms with E-state index < -0.39 is 0 Å². The van der Waals surface area contributed by atoms with E-state index in [1.165, 1.54) is 44.9 Å². The van der Waals surface area contributed by atoms with Gasteiger partial charge in [0, 0.05) is 12.5 Å². The van der Waals surface area contributed by atoms with Crippen LogP contribution >= 0.6 is 0 Å². The number of nitrogens with zero attached hydrogens (tertiary/aromatic N) is 1. The van der Waals surface area contributed by atoms with Gasteiger partial charge in [-0.05, 0) is 56.5 Å². The summed E-state index contributed by atoms with van der Waals surface area (Å²) in [6.07, 6.45) is 12.8. The highest BCUT2D eigenvalue weighted by molar-refractivity contribution is 5.76. The van der Waals surface area contributed by atoms with Gasteiger partial charge in [0.15, 0.2) is 0 Å². The van der Waals surface area contributed by atoms with Crippen molar-refractivity contribution in [2.45, 2.75) is 71.3 Å². The van der Waals surface area contributed by atoms with Crippen molar-refractivity contribution in [1.29, 1.82) is 0 Å². The summed E-state index contributed by atoms with van der Waals surface area (Å²) in [4.78, 5) is 15.1. The summed E-state index contributed by atoms with van der Waals surface area (Å²) in [5.41, 5.74) is 1.91. The van der Waals surface area contributed by atoms with E-state index >= 15 is 0 Å². The van der Waals surface area contributed by atoms with E-state index in [2.05, 4.69) is 24.8 Å². The van der Waals surface area contributed by atoms with Crippen LogP contribution in [0, 0.1) is 23.2 Å². The first-order chi connectivity index (χ1) is 11.6. The number of hydrogen-bond acceptors (Lipinski definition) is 3. The van der Waals surface area contributed by atoms with Crippen LogP contribution in [-0.4, -0.2) is 36.6 Å². The predicted octanol–water partition coefficient (Wildman–Crippen LogP) is 4.18. The first-order valence-corrected chi connectivity index (χ1v) is 10.2. The van der Waals surface area contributed by atoms with Crippen LogP contribution in [0.15, 0.2) is 11.6 Å². The maximum absolute atomic E-state index is 12.6. The third kappa shape index (κ3) is 2.94. The lowest BCUT2D eigenvalue weighted by atomic mass is 9.59. The minimum absolute atomic E-state index is 0.0688. The Balaban J connectivity index is 1.55. The Kier molecular flexibility index (Phi) is 4.49. The molecule has 2 saturated heterocycles. The third-order valence-corrected chi connectivity index (χ3v) is 7.24. The minimum Gasteiger partial charge on any atom is -0.461 e. The fraction of sp³-hybridized carbons (Fsp3) is 0.857. The Morgan fingerprint density at radius 2 is 1.96 bits per heavy atom. The Morgan fingerprint density at radius 1 is 1.21 bits per heavy atom. The van der Waals surface area contributed by atoms with E-state index in [1.54, 1.807) is 5.57 Å². The molecule has 3 heteroatoms. The largest absolute Gasteiger partial charge is 0.461 e. The molecule has 4 rings (SSSR count). The van der Waals surface area contributed by atoms with Crippen LogP contribution in [0.2, 0.25) is 0 Å². The lowest BCUT2D eigenvalue weighted by Gasteiger charge is -2.46. The first kappa shape index (κ1) is 16.6. The zero-order valence-corrected chi connectivity index (χ0v) is 15.4. The van der Waals surface area contributed by atoms with E-state index in [4.69, 9.17) is 4.74 Å². The standard InChI is InChI=1S/C21H33NO2/c1-15-8-7-9-21(2)13-19-16(12-18(15)21)17(20(23)24-19)14-22-10-5-3-4-6-11-22/h12,15-17,19H,3-11,13-14H2,1-2H3/t15-,16+,17?,19+,21+/m0/s1. The highest BCUT2D eigenvalue weighted by Gasteiger charge is 2.51. The number of ether oxygens (including phenoxy) is 1. The Labute approximate surface area is 146 Å². The molecule has 0 aromatic carbocycles. The van der Waals surface area contributed by atoms with Gasteiger partial charge in [0.05, 0.1) is 5.92 Å². The first-order valence-electron chi connectivity index (χ1n) is 10.2. The van der Waals surface area contributed by atoms with E-state index in [9.17, 15) is 4.79 Å². The zero-order valence-electron chi connectivity index (χ0n) is 15.4. The smallest absolute Gasteiger partial charge is 0.311 e. The van der Waals surface area contributed by atoms with E-state index in [-0.39, 0.29) is 23.4 Å². The summed E-state index contributed by atoms with van der Waals surface area (Å²) in [6.45, 7) is 8.01. The van der Waals surface area contributed by atoms with Crippen LogP contribution in [0.5, 0.6) is 0 Å². The van der Waals surface area contributed by atoms with E-state index in [0.29, 0.717) is 11.8 Å². The van der Waals surface area contributed by atoms with Gasteiger partial charge in [-0.25, -0.2) is 0 Å². The molecule has 0 N–H and O–H groups in total. The number of fused-ring (bicyclic) bond motifs is 2. The molecule has 1 saturated carbocycles. The average Bonchev–Trinajstić information content (AvgIpc) is 2.72. The second-order valence-electron chi connectivity index (χ2n) is 9.05. The SMILES string of the molecule is C[C@H]1CCC[C@]2(C)C[C@H]3OC(=O)C(CN4CCCCCC4)[C@H]3C=C12. The number of esters is 1. The number of rotatable bonds is 2. The fourth-order valence-electron chi connectivity index (χ4n) is 5.86. The number of likely N-dealkylation sites (tertiary alicyclic amines) is 1. The molecule has 0 radical (unpaired) electrons. The van der Waals surface area contributed by atoms with Gasteiger partial charge in [0.25, 0.3) is 0 Å². The monoisotopic (exact) mass is 331 g/mol. The summed E-state index contributed by atoms with van der Waals surface area (Å²) in [7, 11) is 0. The van der Waals surface area contributed by atoms with Gasteiger partial charge < -0.3 is 9.64 Å². The van der Waals surface area contributed by atoms with Crippen molar-refractivity contribution in [2.75, 3.05) is 19.6 Å². The second kappa shape index (κ2) is 6.48. The highest BCUT2D eigenvalue weighted by Crippen LogP contribution is 2.54. The van der Waals surface area contributed by atoms with Crippen molar-refractivity contribution in [3.05, 3.63) is 11.6 Å². The van der Waals surface area contributed by atoms with Gasteiger partial charge in [-0.3, -0.25) is 4.79 Å². The summed E-state index contributed by atoms with van der Waals surface area (Å²) in [5.74, 6) is 1.14. The van der Waals surface area contributed by atoms with Crippen LogP contribution in [0.3, 0.4) is 0 Å². The molecule has 2 aliphatic carbocycles. The fourth-order valence-corrected chi connectivity index (χ4v) is 5.86. The number of hydrogen-bond donors (Lipinski definition) is 0. The van der Waals surface area contributed by atoms with Crippen molar-refractivity contribution >= 4 is 5.97 Å². The lowest BCUT2D eigenvalue weighted by Crippen LogP contribution is -2.41. The van der Waals surface area contributed by atoms with E-state index in [1.807, 2.05) is 0 Å². The molecule has 0 amide bonds. The Morgan fingerprint density at radius 3 is 2.71 bits per heavy atom. The van der Waals surface area contributed by atoms with E-state index in [0.717, 1.165) is 26.1 Å². The van der Waals surface area contributed by atoms with Crippen LogP contribution in [0.4, 0.5) is 0 Å². The molecule has 0 spiro atoms. The summed E-state index contributed by atoms with van der Waals surface area (Å²) >= 11 is 0. The van der Waals surface area contributed by atoms with Gasteiger partial charge in [-0.15, -0.1) is 0 Å². The van der Waals surface area contributed by atoms with Gasteiger partial charge in [-0.1, -0.05) is 44.8 Å².